The largest absolute Gasteiger partial charge is 0.508 e. The molecule has 16 N–H and O–H groups in total. The fraction of sp³-hybridized carbons (Fsp3) is 0.621. The van der Waals surface area contributed by atoms with Crippen LogP contribution in [0, 0.1) is 29.6 Å². The molecule has 2 aliphatic heterocycles. The summed E-state index contributed by atoms with van der Waals surface area (Å²) in [7, 11) is 3.53. The number of allylic oxidation sites excluding steroid dienone is 4. The maximum atomic E-state index is 15.4. The number of methoxy groups -OCH3 is 2. The summed E-state index contributed by atoms with van der Waals surface area (Å²) >= 11 is 6.76. The molecule has 1 aromatic rings. The molecular formula is C66H102ClN13O19. The van der Waals surface area contributed by atoms with Crippen molar-refractivity contribution in [3.8, 4) is 5.75 Å². The molecule has 33 heteroatoms. The third-order valence-electron chi connectivity index (χ3n) is 17.2. The number of likely N-dealkylation sites (N-methyl/N-ethyl adjacent to an activating group) is 1. The first-order valence-corrected chi connectivity index (χ1v) is 33.1. The van der Waals surface area contributed by atoms with Crippen LogP contribution < -0.4 is 59.3 Å². The van der Waals surface area contributed by atoms with Crippen LogP contribution >= 0.6 is 11.6 Å². The van der Waals surface area contributed by atoms with Gasteiger partial charge in [0.15, 0.2) is 0 Å². The average Bonchev–Trinajstić information content (AvgIpc) is 0.758. The predicted molar refractivity (Wildman–Crippen MR) is 361 cm³/mol. The Kier molecular flexibility index (Phi) is 34.1. The number of phenolic OH excluding ortho intramolecular Hbond substituents is 1. The molecule has 0 radical (unpaired) electrons. The minimum Gasteiger partial charge on any atom is -0.508 e. The second-order valence-electron chi connectivity index (χ2n) is 25.4. The van der Waals surface area contributed by atoms with Crippen LogP contribution in [0.4, 0.5) is 0 Å². The van der Waals surface area contributed by atoms with Crippen LogP contribution in [0.1, 0.15) is 114 Å². The average molecular weight is 1420 g/mol. The number of alkyl halides is 1. The normalized spacial score (nSPS) is 24.5. The summed E-state index contributed by atoms with van der Waals surface area (Å²) in [6.07, 6.45) is 0.864. The summed E-state index contributed by atoms with van der Waals surface area (Å²) in [4.78, 5) is 186. The van der Waals surface area contributed by atoms with Crippen LogP contribution in [0.2, 0.25) is 0 Å². The van der Waals surface area contributed by atoms with Crippen molar-refractivity contribution in [2.75, 3.05) is 47.5 Å². The van der Waals surface area contributed by atoms with Gasteiger partial charge in [-0.1, -0.05) is 96.9 Å². The van der Waals surface area contributed by atoms with Crippen molar-refractivity contribution >= 4 is 88.5 Å². The number of benzene rings is 1. The number of aliphatic hydroxyl groups is 2. The number of aromatic hydroxyl groups is 1. The number of rotatable bonds is 26. The van der Waals surface area contributed by atoms with Crippen molar-refractivity contribution in [1.29, 1.82) is 0 Å². The molecule has 32 nitrogen and oxygen atoms in total. The van der Waals surface area contributed by atoms with Gasteiger partial charge in [0.25, 0.3) is 5.91 Å². The Balaban J connectivity index is 2.19. The molecule has 552 valence electrons. The number of piperidine rings is 1. The number of phenols is 1. The molecule has 0 spiro atoms. The van der Waals surface area contributed by atoms with E-state index in [1.807, 2.05) is 26.8 Å². The molecule has 3 rings (SSSR count). The highest BCUT2D eigenvalue weighted by Gasteiger charge is 2.48. The lowest BCUT2D eigenvalue weighted by Crippen LogP contribution is -2.66. The molecule has 0 aromatic heterocycles. The van der Waals surface area contributed by atoms with Gasteiger partial charge in [0, 0.05) is 45.1 Å². The second-order valence-corrected chi connectivity index (χ2v) is 26.1. The van der Waals surface area contributed by atoms with E-state index >= 15 is 19.2 Å². The quantitative estimate of drug-likeness (QED) is 0.0205. The van der Waals surface area contributed by atoms with Gasteiger partial charge in [-0.3, -0.25) is 57.5 Å². The zero-order valence-electron chi connectivity index (χ0n) is 58.8. The number of primary amides is 1. The third-order valence-corrected chi connectivity index (χ3v) is 17.6. The highest BCUT2D eigenvalue weighted by Crippen LogP contribution is 2.31. The Morgan fingerprint density at radius 2 is 1.48 bits per heavy atom. The number of ether oxygens (including phenoxy) is 3. The van der Waals surface area contributed by atoms with E-state index in [0.29, 0.717) is 5.92 Å². The third kappa shape index (κ3) is 24.7. The van der Waals surface area contributed by atoms with Crippen molar-refractivity contribution in [2.24, 2.45) is 41.1 Å². The number of amides is 12. The van der Waals surface area contributed by atoms with Crippen LogP contribution in [0.5, 0.6) is 5.75 Å². The van der Waals surface area contributed by atoms with Crippen molar-refractivity contribution in [2.45, 2.75) is 187 Å². The topological polar surface area (TPSA) is 477 Å². The molecule has 0 bridgehead atoms. The van der Waals surface area contributed by atoms with Crippen molar-refractivity contribution in [3.05, 3.63) is 65.4 Å². The summed E-state index contributed by atoms with van der Waals surface area (Å²) in [5.74, 6) is -18.1. The number of nitrogens with zero attached hydrogens (tertiary/aromatic N) is 2. The minimum atomic E-state index is -2.11. The summed E-state index contributed by atoms with van der Waals surface area (Å²) in [6, 6.07) is -10.1. The maximum Gasteiger partial charge on any atom is 0.329 e. The zero-order chi connectivity index (χ0) is 75.0. The van der Waals surface area contributed by atoms with Crippen LogP contribution in [0.25, 0.3) is 0 Å². The minimum absolute atomic E-state index is 0.0579. The first-order valence-electron chi connectivity index (χ1n) is 32.7. The number of nitrogens with one attached hydrogen (secondary N) is 9. The molecule has 0 saturated carbocycles. The molecule has 2 saturated heterocycles. The summed E-state index contributed by atoms with van der Waals surface area (Å²) < 4.78 is 17.3. The zero-order valence-corrected chi connectivity index (χ0v) is 59.6. The highest BCUT2D eigenvalue weighted by atomic mass is 35.5. The Morgan fingerprint density at radius 1 is 0.848 bits per heavy atom. The maximum absolute atomic E-state index is 15.4. The number of halogens is 1. The summed E-state index contributed by atoms with van der Waals surface area (Å²) in [5, 5.41) is 53.2. The number of cyclic esters (lactones) is 1. The van der Waals surface area contributed by atoms with Crippen molar-refractivity contribution in [3.63, 3.8) is 0 Å². The summed E-state index contributed by atoms with van der Waals surface area (Å²) in [6.45, 7) is 15.7. The standard InChI is InChI=1S/C66H102ClN13O19/c1-16-32(5)26-33(6)18-23-46(83)36(9)57(87)70-29-48(85)73-43(17-2)59(89)76-50(37(10)68)61(91)75-49(34(7)35(8)56(69)86)60(90)77-51-54(31(3)4)99-66(96)45-27-41(67)24-25-80(45)65(95)52(55(98-15)40-19-21-42(82)22-20-40)78-63(93)53(39(12)81)79(13)64(94)38(11)72-47(84)28-71-58(88)44(30-97-14)74-62(51)92/h17-23,26,31-32,34-39,41,44-46,49-55,81-83H,16,24-25,27-30,68H2,1-15H3,(H2,69,86)(H,70,87)(H,71,88)(H,72,84)(H,73,85)(H,74,92)(H,75,91)(H,76,89)(H,77,90)(H,78,93)/b23-18-,33-26+,43-17-/t32?,34-,35+,36?,37?,38+,39-,41-,44+,45+,46?,49+,50+,51?,52-,53+,54+,55+/m1/s1. The van der Waals surface area contributed by atoms with Gasteiger partial charge in [-0.2, -0.15) is 0 Å². The Hall–Kier alpha value is -8.56. The number of hydrogen-bond acceptors (Lipinski definition) is 20. The molecule has 2 heterocycles. The highest BCUT2D eigenvalue weighted by molar-refractivity contribution is 6.21. The number of nitrogens with two attached hydrogens (primary N) is 2. The van der Waals surface area contributed by atoms with Crippen molar-refractivity contribution < 1.29 is 91.9 Å². The number of esters is 1. The molecule has 2 fully saturated rings. The molecule has 0 aliphatic carbocycles. The van der Waals surface area contributed by atoms with E-state index in [0.717, 1.165) is 36.0 Å². The molecule has 1 aromatic carbocycles. The number of aliphatic hydroxyl groups excluding tert-OH is 2. The molecule has 18 atom stereocenters. The summed E-state index contributed by atoms with van der Waals surface area (Å²) in [5.41, 5.74) is 12.7. The number of hydrogen-bond donors (Lipinski definition) is 14. The van der Waals surface area contributed by atoms with E-state index in [2.05, 4.69) is 47.9 Å². The van der Waals surface area contributed by atoms with E-state index in [4.69, 9.17) is 37.3 Å². The lowest BCUT2D eigenvalue weighted by molar-refractivity contribution is -0.168. The monoisotopic (exact) mass is 1420 g/mol. The molecule has 5 unspecified atom stereocenters. The van der Waals surface area contributed by atoms with Gasteiger partial charge in [-0.05, 0) is 82.9 Å². The van der Waals surface area contributed by atoms with E-state index in [9.17, 15) is 58.5 Å². The second kappa shape index (κ2) is 39.9. The van der Waals surface area contributed by atoms with Gasteiger partial charge >= 0.3 is 5.97 Å². The fourth-order valence-electron chi connectivity index (χ4n) is 10.8. The number of carbonyl (C=O) groups is 13. The molecular weight excluding hydrogens is 1310 g/mol. The molecule has 2 aliphatic rings. The lowest BCUT2D eigenvalue weighted by Gasteiger charge is -2.41. The van der Waals surface area contributed by atoms with Gasteiger partial charge < -0.3 is 98.6 Å². The van der Waals surface area contributed by atoms with Gasteiger partial charge in [-0.15, -0.1) is 11.6 Å². The van der Waals surface area contributed by atoms with Crippen LogP contribution in [0.3, 0.4) is 0 Å². The van der Waals surface area contributed by atoms with Crippen molar-refractivity contribution in [1.82, 2.24) is 57.7 Å². The Morgan fingerprint density at radius 3 is 2.04 bits per heavy atom. The lowest BCUT2D eigenvalue weighted by atomic mass is 9.87. The first kappa shape index (κ1) is 84.7. The van der Waals surface area contributed by atoms with E-state index in [1.165, 1.54) is 106 Å². The Labute approximate surface area is 582 Å². The van der Waals surface area contributed by atoms with Gasteiger partial charge in [-0.25, -0.2) is 4.79 Å². The van der Waals surface area contributed by atoms with Gasteiger partial charge in [0.2, 0.25) is 65.0 Å². The van der Waals surface area contributed by atoms with Crippen LogP contribution in [-0.2, 0) is 76.5 Å². The van der Waals surface area contributed by atoms with Crippen LogP contribution in [0.15, 0.2) is 59.8 Å². The number of fused-ring (bicyclic) bond motifs is 1. The fourth-order valence-corrected chi connectivity index (χ4v) is 11.1. The Bertz CT molecular complexity index is 3130. The first-order chi connectivity index (χ1) is 46.3. The van der Waals surface area contributed by atoms with E-state index < -0.39 is 210 Å². The van der Waals surface area contributed by atoms with E-state index in [1.54, 1.807) is 6.08 Å². The SMILES string of the molecule is C/C=C(\NC(=O)CNC(=O)C(C)C(O)/C=C\C(C)=C\C(C)CC)C(=O)N[C@H](C(=O)N[C@H](C(=O)NC1C(=O)N[C@@H](COC)C(=O)NCC(=O)N[C@@H](C)C(=O)N(C)[C@@H]([C@@H](C)O)C(=O)N[C@H]([C@@H](OC)c2ccc(O)cc2)C(=O)N2CC[C@@H](Cl)C[C@H]2C(=O)O[C@H]1C(C)C)[C@H](C)[C@H](C)C(N)=O)C(C)N. The molecule has 99 heavy (non-hydrogen) atoms. The van der Waals surface area contributed by atoms with Gasteiger partial charge in [0.05, 0.1) is 37.8 Å². The smallest absolute Gasteiger partial charge is 0.329 e. The van der Waals surface area contributed by atoms with Crippen LogP contribution in [-0.4, -0.2) is 228 Å². The molecule has 12 amide bonds. The van der Waals surface area contributed by atoms with Gasteiger partial charge in [0.1, 0.15) is 72.0 Å². The number of carbonyl (C=O) groups excluding carboxylic acids is 13. The van der Waals surface area contributed by atoms with E-state index in [-0.39, 0.29) is 30.7 Å². The predicted octanol–water partition coefficient (Wildman–Crippen LogP) is -2.05.